The highest BCUT2D eigenvalue weighted by atomic mass is 16.7. The highest BCUT2D eigenvalue weighted by molar-refractivity contribution is 5.24. The van der Waals surface area contributed by atoms with E-state index in [-0.39, 0.29) is 0 Å². The minimum atomic E-state index is 0.476. The van der Waals surface area contributed by atoms with Gasteiger partial charge in [0.1, 0.15) is 11.6 Å². The molecule has 0 unspecified atom stereocenters. The molecule has 5 nitrogen and oxygen atoms in total. The van der Waals surface area contributed by atoms with E-state index < -0.39 is 0 Å². The Morgan fingerprint density at radius 1 is 1.67 bits per heavy atom. The van der Waals surface area contributed by atoms with Crippen LogP contribution < -0.4 is 5.73 Å². The summed E-state index contributed by atoms with van der Waals surface area (Å²) in [5.74, 6) is 1.13. The van der Waals surface area contributed by atoms with Gasteiger partial charge in [0.15, 0.2) is 0 Å². The fraction of sp³-hybridized carbons (Fsp3) is 0.429. The van der Waals surface area contributed by atoms with E-state index in [2.05, 4.69) is 9.97 Å². The van der Waals surface area contributed by atoms with Crippen LogP contribution in [-0.2, 0) is 11.4 Å². The second kappa shape index (κ2) is 3.99. The van der Waals surface area contributed by atoms with Gasteiger partial charge in [-0.3, -0.25) is 0 Å². The SMILES string of the molecule is CON(C)Cc1nccc(N)n1. The summed E-state index contributed by atoms with van der Waals surface area (Å²) < 4.78 is 0. The molecule has 0 amide bonds. The van der Waals surface area contributed by atoms with E-state index >= 15 is 0 Å². The minimum Gasteiger partial charge on any atom is -0.384 e. The second-order valence-corrected chi connectivity index (χ2v) is 2.37. The maximum Gasteiger partial charge on any atom is 0.147 e. The first-order valence-corrected chi connectivity index (χ1v) is 3.55. The Morgan fingerprint density at radius 2 is 2.42 bits per heavy atom. The highest BCUT2D eigenvalue weighted by Gasteiger charge is 2.00. The van der Waals surface area contributed by atoms with Crippen LogP contribution in [0.2, 0.25) is 0 Å². The maximum absolute atomic E-state index is 5.47. The summed E-state index contributed by atoms with van der Waals surface area (Å²) in [6.07, 6.45) is 1.63. The van der Waals surface area contributed by atoms with Gasteiger partial charge in [-0.05, 0) is 6.07 Å². The summed E-state index contributed by atoms with van der Waals surface area (Å²) in [6, 6.07) is 1.65. The third-order valence-electron chi connectivity index (χ3n) is 1.40. The third-order valence-corrected chi connectivity index (χ3v) is 1.40. The second-order valence-electron chi connectivity index (χ2n) is 2.37. The number of hydrogen-bond donors (Lipinski definition) is 1. The lowest BCUT2D eigenvalue weighted by Crippen LogP contribution is -2.17. The zero-order chi connectivity index (χ0) is 8.97. The Hall–Kier alpha value is -1.20. The molecule has 1 aromatic heterocycles. The Morgan fingerprint density at radius 3 is 3.00 bits per heavy atom. The van der Waals surface area contributed by atoms with Crippen molar-refractivity contribution in [3.05, 3.63) is 18.1 Å². The molecule has 0 atom stereocenters. The Kier molecular flexibility index (Phi) is 2.95. The number of nitrogens with two attached hydrogens (primary N) is 1. The van der Waals surface area contributed by atoms with Gasteiger partial charge in [-0.25, -0.2) is 9.97 Å². The predicted molar refractivity (Wildman–Crippen MR) is 44.9 cm³/mol. The number of aromatic nitrogens is 2. The molecule has 0 aliphatic carbocycles. The van der Waals surface area contributed by atoms with Crippen LogP contribution in [-0.4, -0.2) is 29.2 Å². The van der Waals surface area contributed by atoms with Crippen molar-refractivity contribution in [1.82, 2.24) is 15.0 Å². The molecule has 0 bridgehead atoms. The number of rotatable bonds is 3. The van der Waals surface area contributed by atoms with E-state index in [1.54, 1.807) is 31.5 Å². The first-order valence-electron chi connectivity index (χ1n) is 3.55. The molecule has 1 rings (SSSR count). The molecule has 0 aliphatic rings. The van der Waals surface area contributed by atoms with Crippen molar-refractivity contribution in [3.63, 3.8) is 0 Å². The van der Waals surface area contributed by atoms with Gasteiger partial charge in [-0.2, -0.15) is 5.06 Å². The van der Waals surface area contributed by atoms with Gasteiger partial charge >= 0.3 is 0 Å². The van der Waals surface area contributed by atoms with Crippen molar-refractivity contribution < 1.29 is 4.84 Å². The number of hydrogen-bond acceptors (Lipinski definition) is 5. The summed E-state index contributed by atoms with van der Waals surface area (Å²) >= 11 is 0. The smallest absolute Gasteiger partial charge is 0.147 e. The lowest BCUT2D eigenvalue weighted by atomic mass is 10.5. The molecule has 0 aliphatic heterocycles. The van der Waals surface area contributed by atoms with Crippen molar-refractivity contribution in [2.45, 2.75) is 6.54 Å². The van der Waals surface area contributed by atoms with Gasteiger partial charge in [-0.15, -0.1) is 0 Å². The molecular weight excluding hydrogens is 156 g/mol. The van der Waals surface area contributed by atoms with Gasteiger partial charge < -0.3 is 10.6 Å². The molecule has 12 heavy (non-hydrogen) atoms. The van der Waals surface area contributed by atoms with Crippen LogP contribution in [0.3, 0.4) is 0 Å². The van der Waals surface area contributed by atoms with Crippen LogP contribution in [0, 0.1) is 0 Å². The van der Waals surface area contributed by atoms with E-state index in [1.165, 1.54) is 0 Å². The summed E-state index contributed by atoms with van der Waals surface area (Å²) in [4.78, 5) is 12.9. The minimum absolute atomic E-state index is 0.476. The summed E-state index contributed by atoms with van der Waals surface area (Å²) in [6.45, 7) is 0.529. The lowest BCUT2D eigenvalue weighted by Gasteiger charge is -2.11. The van der Waals surface area contributed by atoms with E-state index in [0.717, 1.165) is 0 Å². The summed E-state index contributed by atoms with van der Waals surface area (Å²) in [7, 11) is 3.39. The first-order chi connectivity index (χ1) is 5.72. The van der Waals surface area contributed by atoms with E-state index in [1.807, 2.05) is 0 Å². The van der Waals surface area contributed by atoms with Gasteiger partial charge in [0.05, 0.1) is 13.7 Å². The average Bonchev–Trinajstić information content (AvgIpc) is 2.04. The molecular formula is C7H12N4O. The summed E-state index contributed by atoms with van der Waals surface area (Å²) in [5, 5.41) is 1.62. The van der Waals surface area contributed by atoms with E-state index in [9.17, 15) is 0 Å². The van der Waals surface area contributed by atoms with Crippen molar-refractivity contribution >= 4 is 5.82 Å². The lowest BCUT2D eigenvalue weighted by molar-refractivity contribution is -0.118. The van der Waals surface area contributed by atoms with Crippen LogP contribution in [0.15, 0.2) is 12.3 Å². The normalized spacial score (nSPS) is 10.6. The van der Waals surface area contributed by atoms with Gasteiger partial charge in [0, 0.05) is 13.2 Å². The van der Waals surface area contributed by atoms with Crippen molar-refractivity contribution in [3.8, 4) is 0 Å². The highest BCUT2D eigenvalue weighted by Crippen LogP contribution is 1.98. The molecule has 66 valence electrons. The molecule has 1 heterocycles. The van der Waals surface area contributed by atoms with E-state index in [0.29, 0.717) is 18.2 Å². The number of anilines is 1. The molecule has 0 spiro atoms. The standard InChI is InChI=1S/C7H12N4O/c1-11(12-2)5-7-9-4-3-6(8)10-7/h3-4H,5H2,1-2H3,(H2,8,9,10). The maximum atomic E-state index is 5.47. The topological polar surface area (TPSA) is 64.3 Å². The molecule has 0 saturated carbocycles. The fourth-order valence-corrected chi connectivity index (χ4v) is 0.755. The quantitative estimate of drug-likeness (QED) is 0.646. The van der Waals surface area contributed by atoms with Crippen LogP contribution in [0.4, 0.5) is 5.82 Å². The predicted octanol–water partition coefficient (Wildman–Crippen LogP) is 0.0520. The fourth-order valence-electron chi connectivity index (χ4n) is 0.755. The Labute approximate surface area is 71.1 Å². The van der Waals surface area contributed by atoms with Crippen molar-refractivity contribution in [2.24, 2.45) is 0 Å². The largest absolute Gasteiger partial charge is 0.384 e. The van der Waals surface area contributed by atoms with Gasteiger partial charge in [0.2, 0.25) is 0 Å². The molecule has 5 heteroatoms. The summed E-state index contributed by atoms with van der Waals surface area (Å²) in [5.41, 5.74) is 5.47. The number of hydroxylamine groups is 2. The van der Waals surface area contributed by atoms with Crippen molar-refractivity contribution in [1.29, 1.82) is 0 Å². The monoisotopic (exact) mass is 168 g/mol. The zero-order valence-electron chi connectivity index (χ0n) is 7.19. The molecule has 2 N–H and O–H groups in total. The van der Waals surface area contributed by atoms with Crippen LogP contribution in [0.5, 0.6) is 0 Å². The molecule has 0 saturated heterocycles. The van der Waals surface area contributed by atoms with Crippen LogP contribution >= 0.6 is 0 Å². The van der Waals surface area contributed by atoms with Crippen LogP contribution in [0.1, 0.15) is 5.82 Å². The van der Waals surface area contributed by atoms with E-state index in [4.69, 9.17) is 10.6 Å². The van der Waals surface area contributed by atoms with Gasteiger partial charge in [-0.1, -0.05) is 0 Å². The molecule has 0 radical (unpaired) electrons. The Bertz CT molecular complexity index is 253. The molecule has 0 aromatic carbocycles. The molecule has 1 aromatic rings. The van der Waals surface area contributed by atoms with Crippen LogP contribution in [0.25, 0.3) is 0 Å². The third kappa shape index (κ3) is 2.44. The molecule has 0 fully saturated rings. The zero-order valence-corrected chi connectivity index (χ0v) is 7.19. The average molecular weight is 168 g/mol. The number of nitrogen functional groups attached to an aromatic ring is 1. The first kappa shape index (κ1) is 8.89. The number of nitrogens with zero attached hydrogens (tertiary/aromatic N) is 3. The Balaban J connectivity index is 2.63. The van der Waals surface area contributed by atoms with Crippen molar-refractivity contribution in [2.75, 3.05) is 19.9 Å². The van der Waals surface area contributed by atoms with Gasteiger partial charge in [0.25, 0.3) is 0 Å².